The van der Waals surface area contributed by atoms with Crippen LogP contribution in [0.1, 0.15) is 5.56 Å². The summed E-state index contributed by atoms with van der Waals surface area (Å²) in [5.41, 5.74) is 5.37. The van der Waals surface area contributed by atoms with E-state index in [0.29, 0.717) is 5.56 Å². The van der Waals surface area contributed by atoms with Gasteiger partial charge in [0, 0.05) is 21.8 Å². The highest BCUT2D eigenvalue weighted by atomic mass is 28.3. The van der Waals surface area contributed by atoms with Crippen molar-refractivity contribution in [2.24, 2.45) is 0 Å². The molecule has 1 aliphatic rings. The molecule has 0 atom stereocenters. The summed E-state index contributed by atoms with van der Waals surface area (Å²) in [6.45, 7) is 0. The molecule has 0 fully saturated rings. The monoisotopic (exact) mass is 630 g/mol. The Morgan fingerprint density at radius 2 is 1.21 bits per heavy atom. The largest absolute Gasteiger partial charge is 0.457 e. The number of nitriles is 1. The van der Waals surface area contributed by atoms with Crippen LogP contribution in [-0.2, 0) is 0 Å². The number of hydrogen-bond acceptors (Lipinski definition) is 3. The lowest BCUT2D eigenvalue weighted by Crippen LogP contribution is -2.76. The Morgan fingerprint density at radius 1 is 0.542 bits per heavy atom. The first-order valence-corrected chi connectivity index (χ1v) is 18.1. The highest BCUT2D eigenvalue weighted by Crippen LogP contribution is 2.42. The summed E-state index contributed by atoms with van der Waals surface area (Å²) < 4.78 is 15.6. The summed E-state index contributed by atoms with van der Waals surface area (Å²) >= 11 is 0. The molecule has 2 aromatic heterocycles. The van der Waals surface area contributed by atoms with Crippen LogP contribution in [0.15, 0.2) is 162 Å². The lowest BCUT2D eigenvalue weighted by atomic mass is 10.1. The minimum atomic E-state index is -2.79. The van der Waals surface area contributed by atoms with Crippen molar-refractivity contribution in [3.8, 4) is 23.3 Å². The molecule has 1 aliphatic heterocycles. The molecule has 0 saturated heterocycles. The quantitative estimate of drug-likeness (QED) is 0.186. The Labute approximate surface area is 277 Å². The topological polar surface area (TPSA) is 51.1 Å². The maximum Gasteiger partial charge on any atom is 0.188 e. The third-order valence-corrected chi connectivity index (χ3v) is 14.8. The van der Waals surface area contributed by atoms with Crippen LogP contribution in [0.2, 0.25) is 0 Å². The first-order valence-electron chi connectivity index (χ1n) is 16.1. The fraction of sp³-hybridized carbons (Fsp3) is 0. The van der Waals surface area contributed by atoms with Crippen molar-refractivity contribution in [1.29, 1.82) is 5.26 Å². The number of furan rings is 1. The van der Waals surface area contributed by atoms with E-state index < -0.39 is 8.07 Å². The normalized spacial score (nSPS) is 13.3. The number of hydrogen-bond donors (Lipinski definition) is 0. The van der Waals surface area contributed by atoms with Crippen molar-refractivity contribution in [3.63, 3.8) is 0 Å². The van der Waals surface area contributed by atoms with E-state index in [1.165, 1.54) is 20.7 Å². The average molecular weight is 631 g/mol. The highest BCUT2D eigenvalue weighted by Gasteiger charge is 2.48. The van der Waals surface area contributed by atoms with E-state index in [2.05, 4.69) is 144 Å². The van der Waals surface area contributed by atoms with E-state index in [1.807, 2.05) is 18.2 Å². The molecule has 9 aromatic rings. The standard InChI is InChI=1S/C43H26N2O2Si/c44-27-28-19-22-37-33(25-28)34-26-29(20-23-38(34)46-37)45-35-16-8-7-15-32(35)42-36(45)21-24-41-43(42)47-39-17-9-10-18-40(39)48(41,30-11-3-1-4-12-30)31-13-5-2-6-14-31/h1-26H. The summed E-state index contributed by atoms with van der Waals surface area (Å²) in [4.78, 5) is 0. The van der Waals surface area contributed by atoms with E-state index in [1.54, 1.807) is 6.07 Å². The van der Waals surface area contributed by atoms with Gasteiger partial charge in [-0.1, -0.05) is 103 Å². The van der Waals surface area contributed by atoms with Crippen molar-refractivity contribution >= 4 is 72.6 Å². The van der Waals surface area contributed by atoms with E-state index in [4.69, 9.17) is 9.15 Å². The maximum atomic E-state index is 9.59. The number of fused-ring (bicyclic) bond motifs is 9. The van der Waals surface area contributed by atoms with Gasteiger partial charge in [-0.15, -0.1) is 0 Å². The number of ether oxygens (including phenoxy) is 1. The van der Waals surface area contributed by atoms with Gasteiger partial charge in [-0.2, -0.15) is 5.26 Å². The number of rotatable bonds is 3. The Morgan fingerprint density at radius 3 is 1.98 bits per heavy atom. The molecule has 48 heavy (non-hydrogen) atoms. The van der Waals surface area contributed by atoms with Crippen LogP contribution in [0.3, 0.4) is 0 Å². The van der Waals surface area contributed by atoms with Gasteiger partial charge in [0.15, 0.2) is 8.07 Å². The molecule has 0 spiro atoms. The van der Waals surface area contributed by atoms with Crippen molar-refractivity contribution < 1.29 is 9.15 Å². The number of nitrogens with zero attached hydrogens (tertiary/aromatic N) is 2. The Kier molecular flexibility index (Phi) is 5.63. The molecule has 0 aliphatic carbocycles. The zero-order valence-corrected chi connectivity index (χ0v) is 26.7. The van der Waals surface area contributed by atoms with Crippen molar-refractivity contribution in [2.45, 2.75) is 0 Å². The fourth-order valence-corrected chi connectivity index (χ4v) is 12.9. The van der Waals surface area contributed by atoms with Crippen LogP contribution in [0.4, 0.5) is 0 Å². The van der Waals surface area contributed by atoms with Gasteiger partial charge in [-0.3, -0.25) is 0 Å². The Balaban J connectivity index is 1.32. The maximum absolute atomic E-state index is 9.59. The molecule has 0 unspecified atom stereocenters. The molecule has 0 saturated carbocycles. The number of benzene rings is 7. The average Bonchev–Trinajstić information content (AvgIpc) is 3.69. The van der Waals surface area contributed by atoms with Gasteiger partial charge in [-0.05, 0) is 75.3 Å². The third kappa shape index (κ3) is 3.58. The molecule has 224 valence electrons. The first kappa shape index (κ1) is 26.8. The lowest BCUT2D eigenvalue weighted by Gasteiger charge is -2.39. The molecular formula is C43H26N2O2Si. The summed E-state index contributed by atoms with van der Waals surface area (Å²) in [6, 6.07) is 58.0. The van der Waals surface area contributed by atoms with Crippen LogP contribution >= 0.6 is 0 Å². The SMILES string of the molecule is N#Cc1ccc2oc3ccc(-n4c5ccccc5c5c6c(ccc54)[Si](c4ccccc4)(c4ccccc4)c4ccccc4O6)cc3c2c1. The summed E-state index contributed by atoms with van der Waals surface area (Å²) in [7, 11) is -2.79. The second-order valence-corrected chi connectivity index (χ2v) is 16.1. The molecule has 4 nitrogen and oxygen atoms in total. The molecular weight excluding hydrogens is 605 g/mol. The second-order valence-electron chi connectivity index (χ2n) is 12.4. The van der Waals surface area contributed by atoms with Gasteiger partial charge in [0.1, 0.15) is 22.7 Å². The van der Waals surface area contributed by atoms with E-state index in [-0.39, 0.29) is 0 Å². The summed E-state index contributed by atoms with van der Waals surface area (Å²) in [5.74, 6) is 1.84. The minimum Gasteiger partial charge on any atom is -0.457 e. The smallest absolute Gasteiger partial charge is 0.188 e. The highest BCUT2D eigenvalue weighted by molar-refractivity contribution is 7.20. The molecule has 0 amide bonds. The molecule has 3 heterocycles. The van der Waals surface area contributed by atoms with Crippen molar-refractivity contribution in [1.82, 2.24) is 4.57 Å². The van der Waals surface area contributed by atoms with Crippen LogP contribution in [0.5, 0.6) is 11.5 Å². The van der Waals surface area contributed by atoms with Crippen LogP contribution in [0, 0.1) is 11.3 Å². The summed E-state index contributed by atoms with van der Waals surface area (Å²) in [5, 5.41) is 18.9. The zero-order chi connectivity index (χ0) is 31.8. The van der Waals surface area contributed by atoms with Gasteiger partial charge >= 0.3 is 0 Å². The lowest BCUT2D eigenvalue weighted by molar-refractivity contribution is 0.493. The summed E-state index contributed by atoms with van der Waals surface area (Å²) in [6.07, 6.45) is 0. The van der Waals surface area contributed by atoms with Gasteiger partial charge in [-0.25, -0.2) is 0 Å². The van der Waals surface area contributed by atoms with Gasteiger partial charge in [0.2, 0.25) is 0 Å². The third-order valence-electron chi connectivity index (χ3n) is 9.95. The molecule has 5 heteroatoms. The molecule has 7 aromatic carbocycles. The predicted octanol–water partition coefficient (Wildman–Crippen LogP) is 8.04. The molecule has 10 rings (SSSR count). The predicted molar refractivity (Wildman–Crippen MR) is 196 cm³/mol. The molecule has 0 N–H and O–H groups in total. The zero-order valence-electron chi connectivity index (χ0n) is 25.7. The molecule has 0 radical (unpaired) electrons. The van der Waals surface area contributed by atoms with Crippen LogP contribution in [-0.4, -0.2) is 12.6 Å². The van der Waals surface area contributed by atoms with Crippen LogP contribution < -0.4 is 25.5 Å². The van der Waals surface area contributed by atoms with Gasteiger partial charge < -0.3 is 13.7 Å². The minimum absolute atomic E-state index is 0.612. The van der Waals surface area contributed by atoms with Crippen molar-refractivity contribution in [3.05, 3.63) is 163 Å². The molecule has 0 bridgehead atoms. The van der Waals surface area contributed by atoms with Gasteiger partial charge in [0.25, 0.3) is 0 Å². The van der Waals surface area contributed by atoms with E-state index in [9.17, 15) is 5.26 Å². The van der Waals surface area contributed by atoms with Crippen molar-refractivity contribution in [2.75, 3.05) is 0 Å². The Bertz CT molecular complexity index is 2730. The number of para-hydroxylation sites is 2. The van der Waals surface area contributed by atoms with E-state index in [0.717, 1.165) is 60.9 Å². The Hall–Kier alpha value is -6.35. The van der Waals surface area contributed by atoms with E-state index >= 15 is 0 Å². The van der Waals surface area contributed by atoms with Gasteiger partial charge in [0.05, 0.1) is 28.1 Å². The van der Waals surface area contributed by atoms with Crippen LogP contribution in [0.25, 0.3) is 49.4 Å². The number of aromatic nitrogens is 1. The fourth-order valence-electron chi connectivity index (χ4n) is 7.97. The first-order chi connectivity index (χ1) is 23.8. The second kappa shape index (κ2) is 10.1.